The highest BCUT2D eigenvalue weighted by molar-refractivity contribution is 7.96. The minimum Gasteiger partial charge on any atom is -0.368 e. The quantitative estimate of drug-likeness (QED) is 0.621. The molecule has 0 aromatic heterocycles. The smallest absolute Gasteiger partial charge is 0.368 e. The monoisotopic (exact) mass is 410 g/mol. The molecule has 6 rings (SSSR count). The van der Waals surface area contributed by atoms with Gasteiger partial charge in [-0.05, 0) is 80.3 Å². The Hall–Kier alpha value is -1.05. The van der Waals surface area contributed by atoms with Crippen LogP contribution in [-0.4, -0.2) is 40.7 Å². The van der Waals surface area contributed by atoms with Crippen molar-refractivity contribution in [1.82, 2.24) is 4.31 Å². The van der Waals surface area contributed by atoms with E-state index in [0.29, 0.717) is 11.9 Å². The van der Waals surface area contributed by atoms with Crippen molar-refractivity contribution in [3.8, 4) is 0 Å². The van der Waals surface area contributed by atoms with Crippen LogP contribution in [0.3, 0.4) is 0 Å². The minimum absolute atomic E-state index is 0.0173. The lowest BCUT2D eigenvalue weighted by atomic mass is 9.48. The number of halogens is 3. The first-order valence-corrected chi connectivity index (χ1v) is 11.1. The molecule has 3 saturated carbocycles. The van der Waals surface area contributed by atoms with Crippen molar-refractivity contribution in [2.45, 2.75) is 61.7 Å². The predicted octanol–water partition coefficient (Wildman–Crippen LogP) is 5.27. The van der Waals surface area contributed by atoms with Gasteiger partial charge in [0.25, 0.3) is 0 Å². The summed E-state index contributed by atoms with van der Waals surface area (Å²) in [6, 6.07) is 5.92. The normalized spacial score (nSPS) is 38.4. The molecule has 2 heterocycles. The molecule has 5 aliphatic rings. The van der Waals surface area contributed by atoms with Crippen molar-refractivity contribution in [2.24, 2.45) is 10.9 Å². The Labute approximate surface area is 167 Å². The number of nitrogens with zero attached hydrogens (tertiary/aromatic N) is 2. The van der Waals surface area contributed by atoms with E-state index in [1.165, 1.54) is 12.1 Å². The third-order valence-corrected chi connectivity index (χ3v) is 8.55. The Bertz CT molecular complexity index is 752. The van der Waals surface area contributed by atoms with Crippen molar-refractivity contribution in [2.75, 3.05) is 19.1 Å². The van der Waals surface area contributed by atoms with Crippen molar-refractivity contribution in [3.63, 3.8) is 0 Å². The van der Waals surface area contributed by atoms with Gasteiger partial charge in [-0.3, -0.25) is 4.99 Å². The number of rotatable bonds is 2. The fraction of sp³-hybridized carbons (Fsp3) is 0.667. The molecule has 28 heavy (non-hydrogen) atoms. The summed E-state index contributed by atoms with van der Waals surface area (Å²) in [6.45, 7) is 1.63. The number of ether oxygens (including phenoxy) is 1. The molecular weight excluding hydrogens is 385 g/mol. The van der Waals surface area contributed by atoms with Gasteiger partial charge in [-0.2, -0.15) is 13.2 Å². The molecule has 4 fully saturated rings. The maximum absolute atomic E-state index is 13.1. The Morgan fingerprint density at radius 1 is 1.11 bits per heavy atom. The van der Waals surface area contributed by atoms with Crippen molar-refractivity contribution >= 4 is 18.2 Å². The van der Waals surface area contributed by atoms with E-state index in [4.69, 9.17) is 9.73 Å². The summed E-state index contributed by atoms with van der Waals surface area (Å²) in [6.07, 6.45) is 4.22. The summed E-state index contributed by atoms with van der Waals surface area (Å²) in [5, 5.41) is 0. The van der Waals surface area contributed by atoms with Gasteiger partial charge in [0.05, 0.1) is 23.2 Å². The molecule has 1 saturated heterocycles. The first kappa shape index (κ1) is 18.9. The van der Waals surface area contributed by atoms with Crippen molar-refractivity contribution in [3.05, 3.63) is 35.4 Å². The summed E-state index contributed by atoms with van der Waals surface area (Å²) in [5.41, 5.74) is 0.216. The molecule has 2 aliphatic heterocycles. The lowest BCUT2D eigenvalue weighted by Crippen LogP contribution is -2.70. The van der Waals surface area contributed by atoms with Crippen LogP contribution >= 0.6 is 11.9 Å². The number of alkyl halides is 3. The number of aliphatic imine (C=N–C) groups is 1. The number of fused-ring (bicyclic) bond motifs is 2. The molecule has 2 bridgehead atoms. The predicted molar refractivity (Wildman–Crippen MR) is 104 cm³/mol. The highest BCUT2D eigenvalue weighted by Crippen LogP contribution is 2.65. The third kappa shape index (κ3) is 2.69. The van der Waals surface area contributed by atoms with Crippen LogP contribution in [0.25, 0.3) is 0 Å². The highest BCUT2D eigenvalue weighted by atomic mass is 32.2. The standard InChI is InChI=1S/C21H25F3N2OS/c22-21(23,24)17-4-2-15(3-5-17)18-16-6-9-19(10-7-16,20(18)8-1-11-25-20)26-12-13-27-14-28-26/h2-5,11,16,18H,1,6-10,12-14H2. The zero-order chi connectivity index (χ0) is 19.4. The van der Waals surface area contributed by atoms with Gasteiger partial charge in [0.2, 0.25) is 0 Å². The zero-order valence-corrected chi connectivity index (χ0v) is 16.6. The van der Waals surface area contributed by atoms with Gasteiger partial charge in [0, 0.05) is 12.5 Å². The summed E-state index contributed by atoms with van der Waals surface area (Å²) in [4.78, 5) is 5.14. The number of hydrogen-bond acceptors (Lipinski definition) is 4. The van der Waals surface area contributed by atoms with Gasteiger partial charge in [-0.1, -0.05) is 12.1 Å². The number of hydrogen-bond donors (Lipinski definition) is 0. The molecule has 1 aromatic rings. The molecule has 1 aromatic carbocycles. The second-order valence-electron chi connectivity index (χ2n) is 8.50. The summed E-state index contributed by atoms with van der Waals surface area (Å²) >= 11 is 1.77. The Kier molecular flexibility index (Phi) is 4.56. The molecule has 3 aliphatic carbocycles. The van der Waals surface area contributed by atoms with Crippen LogP contribution in [0.15, 0.2) is 29.3 Å². The average molecular weight is 411 g/mol. The second kappa shape index (κ2) is 6.74. The fourth-order valence-electron chi connectivity index (χ4n) is 6.33. The third-order valence-electron chi connectivity index (χ3n) is 7.43. The van der Waals surface area contributed by atoms with Crippen LogP contribution < -0.4 is 0 Å². The maximum atomic E-state index is 13.1. The van der Waals surface area contributed by atoms with Gasteiger partial charge in [-0.25, -0.2) is 4.31 Å². The van der Waals surface area contributed by atoms with E-state index in [-0.39, 0.29) is 17.0 Å². The SMILES string of the molecule is FC(F)(F)c1ccc(C2C3CCC(N4CCOCS4)(CC3)C23CCC=N3)cc1. The molecule has 1 spiro atoms. The van der Waals surface area contributed by atoms with Crippen molar-refractivity contribution < 1.29 is 17.9 Å². The molecule has 0 radical (unpaired) electrons. The lowest BCUT2D eigenvalue weighted by Gasteiger charge is -2.65. The fourth-order valence-corrected chi connectivity index (χ4v) is 7.44. The molecule has 7 heteroatoms. The van der Waals surface area contributed by atoms with E-state index in [2.05, 4.69) is 10.5 Å². The molecule has 0 amide bonds. The first-order chi connectivity index (χ1) is 13.5. The van der Waals surface area contributed by atoms with Crippen LogP contribution in [0.4, 0.5) is 13.2 Å². The number of benzene rings is 1. The van der Waals surface area contributed by atoms with Crippen LogP contribution in [0.1, 0.15) is 55.6 Å². The van der Waals surface area contributed by atoms with Gasteiger partial charge in [0.15, 0.2) is 0 Å². The summed E-state index contributed by atoms with van der Waals surface area (Å²) in [5.74, 6) is 1.37. The van der Waals surface area contributed by atoms with E-state index in [1.807, 2.05) is 0 Å². The van der Waals surface area contributed by atoms with Crippen LogP contribution in [0, 0.1) is 5.92 Å². The van der Waals surface area contributed by atoms with E-state index in [9.17, 15) is 13.2 Å². The topological polar surface area (TPSA) is 24.8 Å². The van der Waals surface area contributed by atoms with E-state index in [1.54, 1.807) is 24.1 Å². The molecule has 2 atom stereocenters. The van der Waals surface area contributed by atoms with Crippen molar-refractivity contribution in [1.29, 1.82) is 0 Å². The largest absolute Gasteiger partial charge is 0.416 e. The van der Waals surface area contributed by atoms with Crippen LogP contribution in [-0.2, 0) is 10.9 Å². The molecule has 152 valence electrons. The van der Waals surface area contributed by atoms with Gasteiger partial charge >= 0.3 is 6.18 Å². The Morgan fingerprint density at radius 2 is 1.86 bits per heavy atom. The summed E-state index contributed by atoms with van der Waals surface area (Å²) in [7, 11) is 0. The first-order valence-electron chi connectivity index (χ1n) is 10.2. The van der Waals surface area contributed by atoms with Gasteiger partial charge in [0.1, 0.15) is 5.94 Å². The van der Waals surface area contributed by atoms with Crippen LogP contribution in [0.5, 0.6) is 0 Å². The zero-order valence-electron chi connectivity index (χ0n) is 15.8. The van der Waals surface area contributed by atoms with Crippen LogP contribution in [0.2, 0.25) is 0 Å². The second-order valence-corrected chi connectivity index (χ2v) is 9.43. The molecule has 3 nitrogen and oxygen atoms in total. The van der Waals surface area contributed by atoms with E-state index >= 15 is 0 Å². The van der Waals surface area contributed by atoms with E-state index in [0.717, 1.165) is 57.2 Å². The van der Waals surface area contributed by atoms with E-state index < -0.39 is 11.7 Å². The maximum Gasteiger partial charge on any atom is 0.416 e. The van der Waals surface area contributed by atoms with Gasteiger partial charge in [-0.15, -0.1) is 0 Å². The molecule has 2 unspecified atom stereocenters. The molecular formula is C21H25F3N2OS. The van der Waals surface area contributed by atoms with Gasteiger partial charge < -0.3 is 4.74 Å². The lowest BCUT2D eigenvalue weighted by molar-refractivity contribution is -0.137. The molecule has 0 N–H and O–H groups in total. The summed E-state index contributed by atoms with van der Waals surface area (Å²) < 4.78 is 47.3. The minimum atomic E-state index is -4.29. The average Bonchev–Trinajstić information content (AvgIpc) is 3.19. The highest BCUT2D eigenvalue weighted by Gasteiger charge is 2.66. The Balaban J connectivity index is 1.57. The Morgan fingerprint density at radius 3 is 2.43 bits per heavy atom.